The fraction of sp³-hybridized carbons (Fsp3) is 1.00. The maximum absolute atomic E-state index is 3.66. The molecule has 0 aromatic rings. The third kappa shape index (κ3) is 2.96. The molecule has 1 N–H and O–H groups in total. The highest BCUT2D eigenvalue weighted by atomic mass is 15.3. The molecular weight excluding hydrogens is 172 g/mol. The Kier molecular flexibility index (Phi) is 4.26. The molecule has 2 aliphatic rings. The van der Waals surface area contributed by atoms with Crippen LogP contribution in [0.15, 0.2) is 0 Å². The molecule has 2 rings (SSSR count). The second-order valence-corrected chi connectivity index (χ2v) is 4.77. The predicted octanol–water partition coefficient (Wildman–Crippen LogP) is 2.35. The van der Waals surface area contributed by atoms with Crippen LogP contribution in [0.5, 0.6) is 0 Å². The van der Waals surface area contributed by atoms with Crippen LogP contribution in [0, 0.1) is 0 Å². The second kappa shape index (κ2) is 5.72. The summed E-state index contributed by atoms with van der Waals surface area (Å²) in [6, 6.07) is 0. The van der Waals surface area contributed by atoms with Gasteiger partial charge in [-0.25, -0.2) is 0 Å². The van der Waals surface area contributed by atoms with E-state index in [0.29, 0.717) is 6.17 Å². The van der Waals surface area contributed by atoms with Crippen molar-refractivity contribution in [2.45, 2.75) is 57.5 Å². The number of hydrogen-bond acceptors (Lipinski definition) is 2. The van der Waals surface area contributed by atoms with Gasteiger partial charge in [0.15, 0.2) is 0 Å². The third-order valence-electron chi connectivity index (χ3n) is 3.62. The lowest BCUT2D eigenvalue weighted by molar-refractivity contribution is 0.126. The molecule has 82 valence electrons. The molecule has 0 saturated carbocycles. The smallest absolute Gasteiger partial charge is 0.0597 e. The topological polar surface area (TPSA) is 15.3 Å². The van der Waals surface area contributed by atoms with E-state index in [1.165, 1.54) is 71.0 Å². The minimum atomic E-state index is 0.710. The zero-order valence-electron chi connectivity index (χ0n) is 9.30. The zero-order chi connectivity index (χ0) is 9.64. The SMILES string of the molecule is C1CCCN(C2CCCCN2)CCC1. The molecule has 14 heavy (non-hydrogen) atoms. The minimum Gasteiger partial charge on any atom is -0.302 e. The Morgan fingerprint density at radius 1 is 0.786 bits per heavy atom. The van der Waals surface area contributed by atoms with Crippen LogP contribution in [0.3, 0.4) is 0 Å². The normalized spacial score (nSPS) is 32.1. The van der Waals surface area contributed by atoms with Crippen LogP contribution in [0.2, 0.25) is 0 Å². The largest absolute Gasteiger partial charge is 0.302 e. The Bertz CT molecular complexity index is 144. The highest BCUT2D eigenvalue weighted by molar-refractivity contribution is 4.75. The van der Waals surface area contributed by atoms with Crippen LogP contribution < -0.4 is 5.32 Å². The summed E-state index contributed by atoms with van der Waals surface area (Å²) in [7, 11) is 0. The fourth-order valence-electron chi connectivity index (χ4n) is 2.73. The average molecular weight is 196 g/mol. The van der Waals surface area contributed by atoms with Crippen LogP contribution in [0.1, 0.15) is 51.4 Å². The summed E-state index contributed by atoms with van der Waals surface area (Å²) in [6.45, 7) is 3.90. The molecule has 2 saturated heterocycles. The van der Waals surface area contributed by atoms with Gasteiger partial charge in [-0.15, -0.1) is 0 Å². The zero-order valence-corrected chi connectivity index (χ0v) is 9.30. The van der Waals surface area contributed by atoms with Crippen molar-refractivity contribution in [1.29, 1.82) is 0 Å². The number of piperidine rings is 1. The maximum Gasteiger partial charge on any atom is 0.0597 e. The summed E-state index contributed by atoms with van der Waals surface area (Å²) in [6.07, 6.45) is 12.1. The quantitative estimate of drug-likeness (QED) is 0.692. The molecule has 1 unspecified atom stereocenters. The van der Waals surface area contributed by atoms with Gasteiger partial charge in [-0.2, -0.15) is 0 Å². The van der Waals surface area contributed by atoms with Crippen LogP contribution in [-0.2, 0) is 0 Å². The third-order valence-corrected chi connectivity index (χ3v) is 3.62. The Hall–Kier alpha value is -0.0800. The first kappa shape index (κ1) is 10.4. The van der Waals surface area contributed by atoms with Crippen LogP contribution >= 0.6 is 0 Å². The summed E-state index contributed by atoms with van der Waals surface area (Å²) in [5.41, 5.74) is 0. The van der Waals surface area contributed by atoms with Crippen LogP contribution in [0.4, 0.5) is 0 Å². The minimum absolute atomic E-state index is 0.710. The summed E-state index contributed by atoms with van der Waals surface area (Å²) in [5.74, 6) is 0. The van der Waals surface area contributed by atoms with Crippen molar-refractivity contribution in [2.75, 3.05) is 19.6 Å². The summed E-state index contributed by atoms with van der Waals surface area (Å²) < 4.78 is 0. The van der Waals surface area contributed by atoms with E-state index in [9.17, 15) is 0 Å². The van der Waals surface area contributed by atoms with Gasteiger partial charge in [-0.05, 0) is 51.7 Å². The van der Waals surface area contributed by atoms with E-state index in [0.717, 1.165) is 0 Å². The standard InChI is InChI=1S/C12H24N2/c1-2-6-10-14(11-7-3-1)12-8-4-5-9-13-12/h12-13H,1-11H2. The first-order chi connectivity index (χ1) is 6.97. The Balaban J connectivity index is 1.80. The number of likely N-dealkylation sites (tertiary alicyclic amines) is 1. The first-order valence-electron chi connectivity index (χ1n) is 6.44. The van der Waals surface area contributed by atoms with Crippen molar-refractivity contribution in [1.82, 2.24) is 10.2 Å². The van der Waals surface area contributed by atoms with Gasteiger partial charge in [0, 0.05) is 0 Å². The molecule has 2 heterocycles. The predicted molar refractivity (Wildman–Crippen MR) is 60.3 cm³/mol. The molecule has 0 aromatic heterocycles. The summed E-state index contributed by atoms with van der Waals surface area (Å²) in [5, 5.41) is 3.66. The van der Waals surface area contributed by atoms with Gasteiger partial charge in [0.05, 0.1) is 6.17 Å². The molecule has 0 radical (unpaired) electrons. The molecule has 1 atom stereocenters. The second-order valence-electron chi connectivity index (χ2n) is 4.77. The monoisotopic (exact) mass is 196 g/mol. The molecule has 2 heteroatoms. The van der Waals surface area contributed by atoms with E-state index in [1.807, 2.05) is 0 Å². The molecule has 0 bridgehead atoms. The molecule has 2 fully saturated rings. The number of nitrogens with one attached hydrogen (secondary N) is 1. The fourth-order valence-corrected chi connectivity index (χ4v) is 2.73. The van der Waals surface area contributed by atoms with Crippen molar-refractivity contribution in [3.63, 3.8) is 0 Å². The van der Waals surface area contributed by atoms with Gasteiger partial charge in [0.2, 0.25) is 0 Å². The van der Waals surface area contributed by atoms with E-state index in [4.69, 9.17) is 0 Å². The molecule has 0 amide bonds. The molecule has 0 spiro atoms. The van der Waals surface area contributed by atoms with Gasteiger partial charge in [0.1, 0.15) is 0 Å². The Morgan fingerprint density at radius 2 is 1.50 bits per heavy atom. The first-order valence-corrected chi connectivity index (χ1v) is 6.44. The lowest BCUT2D eigenvalue weighted by Gasteiger charge is -2.36. The molecule has 2 nitrogen and oxygen atoms in total. The van der Waals surface area contributed by atoms with Crippen LogP contribution in [-0.4, -0.2) is 30.7 Å². The summed E-state index contributed by atoms with van der Waals surface area (Å²) >= 11 is 0. The van der Waals surface area contributed by atoms with E-state index in [-0.39, 0.29) is 0 Å². The Morgan fingerprint density at radius 3 is 2.14 bits per heavy atom. The van der Waals surface area contributed by atoms with E-state index >= 15 is 0 Å². The van der Waals surface area contributed by atoms with E-state index in [2.05, 4.69) is 10.2 Å². The molecule has 0 aliphatic carbocycles. The van der Waals surface area contributed by atoms with Gasteiger partial charge in [0.25, 0.3) is 0 Å². The molecule has 2 aliphatic heterocycles. The van der Waals surface area contributed by atoms with Crippen molar-refractivity contribution < 1.29 is 0 Å². The number of hydrogen-bond donors (Lipinski definition) is 1. The van der Waals surface area contributed by atoms with Gasteiger partial charge >= 0.3 is 0 Å². The van der Waals surface area contributed by atoms with E-state index < -0.39 is 0 Å². The highest BCUT2D eigenvalue weighted by Gasteiger charge is 2.20. The molecule has 0 aromatic carbocycles. The Labute approximate surface area is 88.1 Å². The number of rotatable bonds is 1. The van der Waals surface area contributed by atoms with Gasteiger partial charge in [-0.3, -0.25) is 4.90 Å². The van der Waals surface area contributed by atoms with Crippen molar-refractivity contribution >= 4 is 0 Å². The average Bonchev–Trinajstić information content (AvgIpc) is 2.18. The molecular formula is C12H24N2. The maximum atomic E-state index is 3.66. The number of nitrogens with zero attached hydrogens (tertiary/aromatic N) is 1. The lowest BCUT2D eigenvalue weighted by atomic mass is 10.1. The van der Waals surface area contributed by atoms with Crippen molar-refractivity contribution in [3.05, 3.63) is 0 Å². The highest BCUT2D eigenvalue weighted by Crippen LogP contribution is 2.16. The van der Waals surface area contributed by atoms with Crippen molar-refractivity contribution in [3.8, 4) is 0 Å². The summed E-state index contributed by atoms with van der Waals surface area (Å²) in [4.78, 5) is 2.69. The van der Waals surface area contributed by atoms with Gasteiger partial charge in [-0.1, -0.05) is 19.3 Å². The van der Waals surface area contributed by atoms with Crippen molar-refractivity contribution in [2.24, 2.45) is 0 Å². The van der Waals surface area contributed by atoms with E-state index in [1.54, 1.807) is 0 Å². The van der Waals surface area contributed by atoms with Crippen LogP contribution in [0.25, 0.3) is 0 Å². The van der Waals surface area contributed by atoms with Gasteiger partial charge < -0.3 is 5.32 Å². The lowest BCUT2D eigenvalue weighted by Crippen LogP contribution is -2.49.